The Morgan fingerprint density at radius 2 is 1.61 bits per heavy atom. The lowest BCUT2D eigenvalue weighted by Crippen LogP contribution is -2.48. The van der Waals surface area contributed by atoms with Gasteiger partial charge in [-0.3, -0.25) is 0 Å². The monoisotopic (exact) mass is 272 g/mol. The Bertz CT molecular complexity index is 266. The Kier molecular flexibility index (Phi) is 6.31. The second-order valence-electron chi connectivity index (χ2n) is 7.04. The minimum atomic E-state index is -1.81. The van der Waals surface area contributed by atoms with Gasteiger partial charge in [-0.05, 0) is 31.0 Å². The van der Waals surface area contributed by atoms with Gasteiger partial charge in [0.05, 0.1) is 12.2 Å². The van der Waals surface area contributed by atoms with E-state index in [0.29, 0.717) is 0 Å². The van der Waals surface area contributed by atoms with Crippen LogP contribution in [0.3, 0.4) is 0 Å². The zero-order valence-corrected chi connectivity index (χ0v) is 14.4. The van der Waals surface area contributed by atoms with Crippen LogP contribution < -0.4 is 0 Å². The molecule has 0 unspecified atom stereocenters. The van der Waals surface area contributed by atoms with Crippen molar-refractivity contribution in [3.8, 4) is 0 Å². The van der Waals surface area contributed by atoms with Crippen LogP contribution in [0.4, 0.5) is 0 Å². The van der Waals surface area contributed by atoms with E-state index < -0.39 is 8.32 Å². The highest BCUT2D eigenvalue weighted by atomic mass is 28.4. The van der Waals surface area contributed by atoms with Gasteiger partial charge in [-0.2, -0.15) is 0 Å². The summed E-state index contributed by atoms with van der Waals surface area (Å²) in [5.41, 5.74) is 0. The minimum Gasteiger partial charge on any atom is -0.413 e. The Hall–Kier alpha value is -0.123. The van der Waals surface area contributed by atoms with Crippen LogP contribution in [0.2, 0.25) is 18.1 Å². The molecule has 0 aromatic heterocycles. The van der Waals surface area contributed by atoms with Crippen LogP contribution in [-0.4, -0.2) is 25.6 Å². The van der Waals surface area contributed by atoms with Gasteiger partial charge in [0, 0.05) is 5.92 Å². The van der Waals surface area contributed by atoms with E-state index in [4.69, 9.17) is 4.43 Å². The summed E-state index contributed by atoms with van der Waals surface area (Å²) in [5.74, 6) is 0.371. The zero-order chi connectivity index (χ0) is 14.7. The Labute approximate surface area is 115 Å². The summed E-state index contributed by atoms with van der Waals surface area (Å²) in [6.07, 6.45) is 1.61. The second kappa shape index (κ2) is 6.35. The van der Waals surface area contributed by atoms with Crippen molar-refractivity contribution < 1.29 is 9.53 Å². The average Bonchev–Trinajstić information content (AvgIpc) is 2.22. The van der Waals surface area contributed by atoms with Crippen LogP contribution >= 0.6 is 0 Å². The highest BCUT2D eigenvalue weighted by Crippen LogP contribution is 2.39. The smallest absolute Gasteiger partial charge is 0.192 e. The van der Waals surface area contributed by atoms with Crippen molar-refractivity contribution >= 4 is 8.32 Å². The molecule has 0 spiro atoms. The number of rotatable bonds is 6. The number of aliphatic hydroxyl groups is 1. The highest BCUT2D eigenvalue weighted by Gasteiger charge is 2.41. The van der Waals surface area contributed by atoms with E-state index >= 15 is 0 Å². The molecule has 18 heavy (non-hydrogen) atoms. The van der Waals surface area contributed by atoms with E-state index in [1.807, 2.05) is 13.0 Å². The standard InChI is InChI=1S/C15H32O2Si/c1-10-11(2)14(12(3)13(4)16)17-18(8,9)15(5,6)7/h10-14,16H,1H2,2-9H3/t11-,12-,13-,14+/m0/s1. The number of aliphatic hydroxyl groups excluding tert-OH is 1. The van der Waals surface area contributed by atoms with Gasteiger partial charge in [0.25, 0.3) is 0 Å². The molecule has 0 saturated heterocycles. The fraction of sp³-hybridized carbons (Fsp3) is 0.867. The van der Waals surface area contributed by atoms with Gasteiger partial charge in [0.2, 0.25) is 0 Å². The molecule has 0 radical (unpaired) electrons. The van der Waals surface area contributed by atoms with Crippen LogP contribution in [0.5, 0.6) is 0 Å². The van der Waals surface area contributed by atoms with Crippen LogP contribution in [0.25, 0.3) is 0 Å². The van der Waals surface area contributed by atoms with Gasteiger partial charge in [-0.15, -0.1) is 6.58 Å². The lowest BCUT2D eigenvalue weighted by atomic mass is 9.90. The molecule has 3 heteroatoms. The highest BCUT2D eigenvalue weighted by molar-refractivity contribution is 6.74. The maximum absolute atomic E-state index is 9.84. The summed E-state index contributed by atoms with van der Waals surface area (Å²) in [4.78, 5) is 0. The third-order valence-electron chi connectivity index (χ3n) is 4.41. The quantitative estimate of drug-likeness (QED) is 0.579. The molecule has 4 atom stereocenters. The molecule has 0 aromatic rings. The predicted molar refractivity (Wildman–Crippen MR) is 82.3 cm³/mol. The molecule has 0 rings (SSSR count). The molecule has 0 aromatic carbocycles. The average molecular weight is 273 g/mol. The number of hydrogen-bond donors (Lipinski definition) is 1. The molecule has 0 heterocycles. The lowest BCUT2D eigenvalue weighted by molar-refractivity contribution is 0.0199. The van der Waals surface area contributed by atoms with Crippen molar-refractivity contribution in [1.29, 1.82) is 0 Å². The van der Waals surface area contributed by atoms with Gasteiger partial charge in [-0.1, -0.05) is 40.7 Å². The van der Waals surface area contributed by atoms with Crippen LogP contribution in [0, 0.1) is 11.8 Å². The summed E-state index contributed by atoms with van der Waals surface area (Å²) < 4.78 is 6.49. The van der Waals surface area contributed by atoms with Crippen molar-refractivity contribution in [2.24, 2.45) is 11.8 Å². The molecular formula is C15H32O2Si. The molecule has 0 amide bonds. The van der Waals surface area contributed by atoms with E-state index in [9.17, 15) is 5.11 Å². The summed E-state index contributed by atoms with van der Waals surface area (Å²) in [7, 11) is -1.81. The molecule has 0 aliphatic carbocycles. The molecule has 0 bridgehead atoms. The first-order valence-corrected chi connectivity index (χ1v) is 9.83. The van der Waals surface area contributed by atoms with Crippen molar-refractivity contribution in [3.05, 3.63) is 12.7 Å². The molecule has 2 nitrogen and oxygen atoms in total. The van der Waals surface area contributed by atoms with Crippen molar-refractivity contribution in [3.63, 3.8) is 0 Å². The third kappa shape index (κ3) is 4.52. The molecule has 108 valence electrons. The van der Waals surface area contributed by atoms with Gasteiger partial charge < -0.3 is 9.53 Å². The first-order valence-electron chi connectivity index (χ1n) is 6.92. The van der Waals surface area contributed by atoms with Gasteiger partial charge in [0.15, 0.2) is 8.32 Å². The maximum atomic E-state index is 9.84. The molecule has 0 aliphatic rings. The first-order chi connectivity index (χ1) is 7.94. The van der Waals surface area contributed by atoms with E-state index in [1.54, 1.807) is 0 Å². The normalized spacial score (nSPS) is 20.1. The van der Waals surface area contributed by atoms with E-state index in [-0.39, 0.29) is 29.1 Å². The van der Waals surface area contributed by atoms with Crippen LogP contribution in [-0.2, 0) is 4.43 Å². The van der Waals surface area contributed by atoms with Crippen LogP contribution in [0.15, 0.2) is 12.7 Å². The molecule has 0 aliphatic heterocycles. The zero-order valence-electron chi connectivity index (χ0n) is 13.4. The van der Waals surface area contributed by atoms with E-state index in [2.05, 4.69) is 54.3 Å². The summed E-state index contributed by atoms with van der Waals surface area (Å²) in [6.45, 7) is 21.1. The van der Waals surface area contributed by atoms with E-state index in [0.717, 1.165) is 0 Å². The second-order valence-corrected chi connectivity index (χ2v) is 11.8. The fourth-order valence-corrected chi connectivity index (χ4v) is 3.08. The summed E-state index contributed by atoms with van der Waals surface area (Å²) >= 11 is 0. The van der Waals surface area contributed by atoms with Gasteiger partial charge >= 0.3 is 0 Å². The molecular weight excluding hydrogens is 240 g/mol. The first kappa shape index (κ1) is 17.9. The van der Waals surface area contributed by atoms with E-state index in [1.165, 1.54) is 0 Å². The molecule has 0 fully saturated rings. The summed E-state index contributed by atoms with van der Waals surface area (Å²) in [6, 6.07) is 0. The van der Waals surface area contributed by atoms with Gasteiger partial charge in [-0.25, -0.2) is 0 Å². The number of hydrogen-bond acceptors (Lipinski definition) is 2. The SMILES string of the molecule is C=C[C@H](C)[C@@H](O[Si](C)(C)C(C)(C)C)[C@@H](C)[C@H](C)O. The predicted octanol–water partition coefficient (Wildman–Crippen LogP) is 4.22. The molecule has 1 N–H and O–H groups in total. The Morgan fingerprint density at radius 3 is 1.89 bits per heavy atom. The third-order valence-corrected chi connectivity index (χ3v) is 8.88. The van der Waals surface area contributed by atoms with Gasteiger partial charge in [0.1, 0.15) is 0 Å². The Balaban J connectivity index is 5.08. The fourth-order valence-electron chi connectivity index (χ4n) is 1.62. The lowest BCUT2D eigenvalue weighted by Gasteiger charge is -2.43. The summed E-state index contributed by atoms with van der Waals surface area (Å²) in [5, 5.41) is 10.0. The minimum absolute atomic E-state index is 0.0448. The topological polar surface area (TPSA) is 29.5 Å². The van der Waals surface area contributed by atoms with Crippen LogP contribution in [0.1, 0.15) is 41.5 Å². The van der Waals surface area contributed by atoms with Crippen molar-refractivity contribution in [1.82, 2.24) is 0 Å². The van der Waals surface area contributed by atoms with Crippen molar-refractivity contribution in [2.75, 3.05) is 0 Å². The maximum Gasteiger partial charge on any atom is 0.192 e. The largest absolute Gasteiger partial charge is 0.413 e. The molecule has 0 saturated carbocycles. The van der Waals surface area contributed by atoms with Crippen molar-refractivity contribution in [2.45, 2.75) is 71.9 Å². The Morgan fingerprint density at radius 1 is 1.17 bits per heavy atom.